The number of carbonyl (C=O) groups is 2. The second kappa shape index (κ2) is 15.3. The Morgan fingerprint density at radius 1 is 0.974 bits per heavy atom. The third kappa shape index (κ3) is 8.74. The maximum atomic E-state index is 13.6. The first-order valence-electron chi connectivity index (χ1n) is 13.2. The van der Waals surface area contributed by atoms with Crippen LogP contribution in [0.1, 0.15) is 43.5 Å². The van der Waals surface area contributed by atoms with Crippen LogP contribution in [0.25, 0.3) is 0 Å². The topological polar surface area (TPSA) is 66.8 Å². The zero-order chi connectivity index (χ0) is 27.3. The predicted molar refractivity (Wildman–Crippen MR) is 156 cm³/mol. The van der Waals surface area contributed by atoms with E-state index in [0.717, 1.165) is 47.2 Å². The average Bonchev–Trinajstić information content (AvgIpc) is 3.36. The molecular weight excluding hydrogens is 544 g/mol. The van der Waals surface area contributed by atoms with Gasteiger partial charge in [-0.3, -0.25) is 4.79 Å². The molecule has 0 aliphatic heterocycles. The molecule has 0 aliphatic carbocycles. The van der Waals surface area contributed by atoms with E-state index in [1.807, 2.05) is 53.6 Å². The van der Waals surface area contributed by atoms with Crippen LogP contribution in [0.3, 0.4) is 0 Å². The van der Waals surface area contributed by atoms with Gasteiger partial charge in [-0.2, -0.15) is 0 Å². The average molecular weight is 584 g/mol. The molecule has 0 saturated carbocycles. The number of nitrogens with one attached hydrogen (secondary N) is 1. The van der Waals surface area contributed by atoms with E-state index >= 15 is 0 Å². The van der Waals surface area contributed by atoms with E-state index in [-0.39, 0.29) is 18.5 Å². The van der Waals surface area contributed by atoms with Gasteiger partial charge >= 0.3 is 6.03 Å². The van der Waals surface area contributed by atoms with Crippen molar-refractivity contribution in [3.05, 3.63) is 88.2 Å². The van der Waals surface area contributed by atoms with Gasteiger partial charge in [-0.25, -0.2) is 4.79 Å². The van der Waals surface area contributed by atoms with Crippen molar-refractivity contribution in [3.8, 4) is 0 Å². The van der Waals surface area contributed by atoms with E-state index < -0.39 is 0 Å². The van der Waals surface area contributed by atoms with Gasteiger partial charge < -0.3 is 24.4 Å². The number of amides is 3. The summed E-state index contributed by atoms with van der Waals surface area (Å²) >= 11 is 3.49. The van der Waals surface area contributed by atoms with E-state index in [4.69, 9.17) is 4.74 Å². The first kappa shape index (κ1) is 29.5. The lowest BCUT2D eigenvalue weighted by atomic mass is 10.1. The number of aromatic nitrogens is 1. The molecule has 1 N–H and O–H groups in total. The van der Waals surface area contributed by atoms with Crippen molar-refractivity contribution in [2.45, 2.75) is 46.2 Å². The molecule has 3 aromatic rings. The summed E-state index contributed by atoms with van der Waals surface area (Å²) in [5.74, 6) is -0.0788. The Labute approximate surface area is 234 Å². The normalized spacial score (nSPS) is 10.8. The number of hydrogen-bond donors (Lipinski definition) is 1. The Morgan fingerprint density at radius 2 is 1.74 bits per heavy atom. The maximum Gasteiger partial charge on any atom is 0.322 e. The number of hydrogen-bond acceptors (Lipinski definition) is 3. The van der Waals surface area contributed by atoms with Crippen LogP contribution in [-0.4, -0.2) is 59.7 Å². The van der Waals surface area contributed by atoms with Crippen molar-refractivity contribution in [1.29, 1.82) is 0 Å². The van der Waals surface area contributed by atoms with Gasteiger partial charge in [0.2, 0.25) is 5.91 Å². The highest BCUT2D eigenvalue weighted by Crippen LogP contribution is 2.17. The fourth-order valence-corrected chi connectivity index (χ4v) is 4.50. The summed E-state index contributed by atoms with van der Waals surface area (Å²) in [4.78, 5) is 30.2. The predicted octanol–water partition coefficient (Wildman–Crippen LogP) is 6.17. The second-order valence-corrected chi connectivity index (χ2v) is 10.2. The van der Waals surface area contributed by atoms with Crippen molar-refractivity contribution in [3.63, 3.8) is 0 Å². The number of para-hydroxylation sites is 1. The maximum absolute atomic E-state index is 13.6. The second-order valence-electron chi connectivity index (χ2n) is 9.28. The molecule has 0 radical (unpaired) electrons. The van der Waals surface area contributed by atoms with E-state index in [2.05, 4.69) is 57.9 Å². The number of benzene rings is 2. The molecule has 0 atom stereocenters. The molecule has 1 heterocycles. The highest BCUT2D eigenvalue weighted by molar-refractivity contribution is 9.10. The number of urea groups is 1. The van der Waals surface area contributed by atoms with Crippen LogP contribution in [0.15, 0.2) is 71.3 Å². The van der Waals surface area contributed by atoms with Crippen LogP contribution in [0.5, 0.6) is 0 Å². The Morgan fingerprint density at radius 3 is 2.45 bits per heavy atom. The molecular formula is C30H39BrN4O3. The molecule has 38 heavy (non-hydrogen) atoms. The number of unbranched alkanes of at least 4 members (excludes halogenated alkanes) is 1. The molecule has 0 fully saturated rings. The minimum Gasteiger partial charge on any atom is -0.383 e. The van der Waals surface area contributed by atoms with E-state index in [1.165, 1.54) is 10.5 Å². The lowest BCUT2D eigenvalue weighted by Gasteiger charge is -2.28. The third-order valence-electron chi connectivity index (χ3n) is 6.50. The van der Waals surface area contributed by atoms with Gasteiger partial charge in [-0.15, -0.1) is 0 Å². The zero-order valence-electron chi connectivity index (χ0n) is 22.7. The molecule has 2 aromatic carbocycles. The van der Waals surface area contributed by atoms with Gasteiger partial charge in [0.25, 0.3) is 0 Å². The van der Waals surface area contributed by atoms with E-state index in [1.54, 1.807) is 7.11 Å². The molecule has 0 spiro atoms. The molecule has 8 heteroatoms. The zero-order valence-corrected chi connectivity index (χ0v) is 24.2. The molecule has 0 saturated heterocycles. The summed E-state index contributed by atoms with van der Waals surface area (Å²) in [6.45, 7) is 6.67. The third-order valence-corrected chi connectivity index (χ3v) is 7.02. The molecule has 3 amide bonds. The van der Waals surface area contributed by atoms with Crippen LogP contribution in [0.2, 0.25) is 0 Å². The number of rotatable bonds is 14. The van der Waals surface area contributed by atoms with E-state index in [0.29, 0.717) is 26.2 Å². The van der Waals surface area contributed by atoms with Crippen molar-refractivity contribution in [2.24, 2.45) is 0 Å². The van der Waals surface area contributed by atoms with Gasteiger partial charge in [0, 0.05) is 48.8 Å². The monoisotopic (exact) mass is 582 g/mol. The Kier molecular flexibility index (Phi) is 11.9. The minimum atomic E-state index is -0.301. The van der Waals surface area contributed by atoms with Crippen LogP contribution in [0, 0.1) is 0 Å². The number of aryl methyl sites for hydroxylation is 1. The van der Waals surface area contributed by atoms with Gasteiger partial charge in [-0.1, -0.05) is 66.5 Å². The van der Waals surface area contributed by atoms with Crippen LogP contribution >= 0.6 is 15.9 Å². The molecule has 7 nitrogen and oxygen atoms in total. The quantitative estimate of drug-likeness (QED) is 0.247. The lowest BCUT2D eigenvalue weighted by molar-refractivity contribution is -0.132. The summed E-state index contributed by atoms with van der Waals surface area (Å²) in [5.41, 5.74) is 4.06. The van der Waals surface area contributed by atoms with Crippen LogP contribution < -0.4 is 5.32 Å². The minimum absolute atomic E-state index is 0.0133. The van der Waals surface area contributed by atoms with E-state index in [9.17, 15) is 9.59 Å². The fourth-order valence-electron chi connectivity index (χ4n) is 4.23. The summed E-state index contributed by atoms with van der Waals surface area (Å²) in [7, 11) is 1.59. The van der Waals surface area contributed by atoms with Gasteiger partial charge in [0.1, 0.15) is 6.54 Å². The summed E-state index contributed by atoms with van der Waals surface area (Å²) in [6, 6.07) is 19.8. The molecule has 0 aliphatic rings. The van der Waals surface area contributed by atoms with Crippen LogP contribution in [0.4, 0.5) is 10.5 Å². The summed E-state index contributed by atoms with van der Waals surface area (Å²) in [6.07, 6.45) is 4.72. The van der Waals surface area contributed by atoms with Crippen molar-refractivity contribution >= 4 is 33.6 Å². The van der Waals surface area contributed by atoms with Gasteiger partial charge in [-0.05, 0) is 54.3 Å². The summed E-state index contributed by atoms with van der Waals surface area (Å²) in [5, 5.41) is 3.00. The molecule has 3 rings (SSSR count). The smallest absolute Gasteiger partial charge is 0.322 e. The molecule has 204 valence electrons. The fraction of sp³-hybridized carbons (Fsp3) is 0.400. The Bertz CT molecular complexity index is 1160. The molecule has 1 aromatic heterocycles. The molecule has 0 unspecified atom stereocenters. The largest absolute Gasteiger partial charge is 0.383 e. The SMILES string of the molecule is CCCCN(Cc1cccn1Cc1ccc(Br)cc1)C(=O)CN(CCOC)C(=O)Nc1ccccc1CC. The van der Waals surface area contributed by atoms with Gasteiger partial charge in [0.15, 0.2) is 0 Å². The van der Waals surface area contributed by atoms with Gasteiger partial charge in [0.05, 0.1) is 13.2 Å². The first-order chi connectivity index (χ1) is 18.4. The Hall–Kier alpha value is -3.10. The number of halogens is 1. The number of anilines is 1. The highest BCUT2D eigenvalue weighted by atomic mass is 79.9. The highest BCUT2D eigenvalue weighted by Gasteiger charge is 2.22. The standard InChI is InChI=1S/C30H39BrN4O3/c1-4-6-17-34(22-27-11-9-18-33(27)21-24-13-15-26(31)16-14-24)29(36)23-35(19-20-38-3)30(37)32-28-12-8-7-10-25(28)5-2/h7-16,18H,4-6,17,19-23H2,1-3H3,(H,32,37). The number of methoxy groups -OCH3 is 1. The first-order valence-corrected chi connectivity index (χ1v) is 14.0. The lowest BCUT2D eigenvalue weighted by Crippen LogP contribution is -2.46. The molecule has 0 bridgehead atoms. The number of nitrogens with zero attached hydrogens (tertiary/aromatic N) is 3. The van der Waals surface area contributed by atoms with Crippen LogP contribution in [-0.2, 0) is 29.0 Å². The summed E-state index contributed by atoms with van der Waals surface area (Å²) < 4.78 is 8.46. The van der Waals surface area contributed by atoms with Crippen molar-refractivity contribution < 1.29 is 14.3 Å². The van der Waals surface area contributed by atoms with Crippen molar-refractivity contribution in [2.75, 3.05) is 38.7 Å². The Balaban J connectivity index is 1.73. The number of ether oxygens (including phenoxy) is 1. The number of carbonyl (C=O) groups excluding carboxylic acids is 2. The van der Waals surface area contributed by atoms with Crippen molar-refractivity contribution in [1.82, 2.24) is 14.4 Å².